The average molecular weight is 266 g/mol. The summed E-state index contributed by atoms with van der Waals surface area (Å²) in [6, 6.07) is 2.03. The van der Waals surface area contributed by atoms with Crippen LogP contribution in [0.2, 0.25) is 0 Å². The first kappa shape index (κ1) is 14.1. The first-order valence-electron chi connectivity index (χ1n) is 6.89. The van der Waals surface area contributed by atoms with Crippen molar-refractivity contribution in [3.63, 3.8) is 0 Å². The van der Waals surface area contributed by atoms with E-state index in [-0.39, 0.29) is 18.6 Å². The van der Waals surface area contributed by atoms with E-state index in [9.17, 15) is 9.90 Å². The topological polar surface area (TPSA) is 65.7 Å². The Hall–Kier alpha value is -1.33. The van der Waals surface area contributed by atoms with E-state index in [1.165, 1.54) is 19.1 Å². The molecule has 106 valence electrons. The standard InChI is InChI=1S/C14H22N2O3/c1-11-5-9-19-13(11)14(18)15-6-8-16-7-3-2-4-12(16)10-17/h5,9,12,17H,2-4,6-8,10H2,1H3,(H,15,18)/t12-/m1/s1. The Labute approximate surface area is 113 Å². The van der Waals surface area contributed by atoms with Crippen molar-refractivity contribution in [3.05, 3.63) is 23.7 Å². The Balaban J connectivity index is 1.77. The molecule has 5 nitrogen and oxygen atoms in total. The summed E-state index contributed by atoms with van der Waals surface area (Å²) < 4.78 is 5.15. The summed E-state index contributed by atoms with van der Waals surface area (Å²) in [4.78, 5) is 14.1. The van der Waals surface area contributed by atoms with Gasteiger partial charge in [-0.1, -0.05) is 6.42 Å². The number of aliphatic hydroxyl groups excluding tert-OH is 1. The fraction of sp³-hybridized carbons (Fsp3) is 0.643. The van der Waals surface area contributed by atoms with Crippen LogP contribution in [0.1, 0.15) is 35.4 Å². The first-order valence-corrected chi connectivity index (χ1v) is 6.89. The van der Waals surface area contributed by atoms with E-state index in [4.69, 9.17) is 4.42 Å². The summed E-state index contributed by atoms with van der Waals surface area (Å²) in [5.41, 5.74) is 0.851. The summed E-state index contributed by atoms with van der Waals surface area (Å²) in [7, 11) is 0. The third kappa shape index (κ3) is 3.58. The zero-order valence-corrected chi connectivity index (χ0v) is 11.4. The van der Waals surface area contributed by atoms with Gasteiger partial charge in [-0.05, 0) is 32.4 Å². The highest BCUT2D eigenvalue weighted by Gasteiger charge is 2.21. The van der Waals surface area contributed by atoms with Crippen LogP contribution in [0, 0.1) is 6.92 Å². The van der Waals surface area contributed by atoms with Crippen molar-refractivity contribution in [2.45, 2.75) is 32.2 Å². The van der Waals surface area contributed by atoms with E-state index in [0.29, 0.717) is 12.3 Å². The molecule has 0 aliphatic carbocycles. The second-order valence-electron chi connectivity index (χ2n) is 5.06. The lowest BCUT2D eigenvalue weighted by molar-refractivity contribution is 0.0835. The maximum atomic E-state index is 11.8. The Kier molecular flexibility index (Phi) is 4.99. The Morgan fingerprint density at radius 3 is 3.11 bits per heavy atom. The lowest BCUT2D eigenvalue weighted by Crippen LogP contribution is -2.45. The van der Waals surface area contributed by atoms with Crippen LogP contribution in [-0.4, -0.2) is 48.2 Å². The van der Waals surface area contributed by atoms with Gasteiger partial charge in [0.2, 0.25) is 0 Å². The van der Waals surface area contributed by atoms with Gasteiger partial charge in [-0.15, -0.1) is 0 Å². The van der Waals surface area contributed by atoms with E-state index in [1.807, 2.05) is 6.92 Å². The summed E-state index contributed by atoms with van der Waals surface area (Å²) in [5.74, 6) is 0.220. The highest BCUT2D eigenvalue weighted by Crippen LogP contribution is 2.15. The van der Waals surface area contributed by atoms with Crippen molar-refractivity contribution < 1.29 is 14.3 Å². The van der Waals surface area contributed by atoms with Crippen LogP contribution in [0.25, 0.3) is 0 Å². The Bertz CT molecular complexity index is 417. The number of piperidine rings is 1. The number of furan rings is 1. The van der Waals surface area contributed by atoms with Gasteiger partial charge in [-0.25, -0.2) is 0 Å². The molecule has 5 heteroatoms. The van der Waals surface area contributed by atoms with Crippen molar-refractivity contribution >= 4 is 5.91 Å². The van der Waals surface area contributed by atoms with Crippen LogP contribution in [0.15, 0.2) is 16.7 Å². The van der Waals surface area contributed by atoms with Gasteiger partial charge >= 0.3 is 0 Å². The van der Waals surface area contributed by atoms with Gasteiger partial charge in [0.1, 0.15) is 0 Å². The monoisotopic (exact) mass is 266 g/mol. The summed E-state index contributed by atoms with van der Waals surface area (Å²) in [6.45, 7) is 4.41. The Morgan fingerprint density at radius 1 is 1.58 bits per heavy atom. The minimum Gasteiger partial charge on any atom is -0.459 e. The quantitative estimate of drug-likeness (QED) is 0.839. The predicted molar refractivity (Wildman–Crippen MR) is 72.1 cm³/mol. The summed E-state index contributed by atoms with van der Waals surface area (Å²) >= 11 is 0. The van der Waals surface area contributed by atoms with Crippen molar-refractivity contribution in [1.29, 1.82) is 0 Å². The van der Waals surface area contributed by atoms with Gasteiger partial charge < -0.3 is 14.8 Å². The van der Waals surface area contributed by atoms with E-state index >= 15 is 0 Å². The molecule has 1 fully saturated rings. The number of likely N-dealkylation sites (tertiary alicyclic amines) is 1. The van der Waals surface area contributed by atoms with Crippen LogP contribution in [-0.2, 0) is 0 Å². The number of nitrogens with one attached hydrogen (secondary N) is 1. The third-order valence-corrected chi connectivity index (χ3v) is 3.71. The fourth-order valence-corrected chi connectivity index (χ4v) is 2.56. The second kappa shape index (κ2) is 6.73. The molecule has 0 saturated carbocycles. The maximum Gasteiger partial charge on any atom is 0.287 e. The minimum atomic E-state index is -0.167. The van der Waals surface area contributed by atoms with Crippen LogP contribution >= 0.6 is 0 Å². The molecule has 19 heavy (non-hydrogen) atoms. The molecule has 1 aromatic rings. The second-order valence-corrected chi connectivity index (χ2v) is 5.06. The van der Waals surface area contributed by atoms with Crippen LogP contribution < -0.4 is 5.32 Å². The van der Waals surface area contributed by atoms with Gasteiger partial charge in [0.15, 0.2) is 5.76 Å². The molecule has 1 aromatic heterocycles. The molecule has 1 saturated heterocycles. The van der Waals surface area contributed by atoms with Crippen LogP contribution in [0.4, 0.5) is 0 Å². The maximum absolute atomic E-state index is 11.8. The molecule has 0 spiro atoms. The molecule has 2 rings (SSSR count). The van der Waals surface area contributed by atoms with E-state index in [0.717, 1.165) is 25.1 Å². The molecule has 0 aromatic carbocycles. The zero-order valence-electron chi connectivity index (χ0n) is 11.4. The summed E-state index contributed by atoms with van der Waals surface area (Å²) in [5, 5.41) is 12.2. The molecule has 2 heterocycles. The number of nitrogens with zero attached hydrogens (tertiary/aromatic N) is 1. The number of rotatable bonds is 5. The van der Waals surface area contributed by atoms with Crippen molar-refractivity contribution in [2.75, 3.05) is 26.2 Å². The molecular weight excluding hydrogens is 244 g/mol. The molecule has 0 bridgehead atoms. The summed E-state index contributed by atoms with van der Waals surface area (Å²) in [6.07, 6.45) is 4.92. The largest absolute Gasteiger partial charge is 0.459 e. The number of carbonyl (C=O) groups excluding carboxylic acids is 1. The number of aryl methyl sites for hydroxylation is 1. The first-order chi connectivity index (χ1) is 9.22. The fourth-order valence-electron chi connectivity index (χ4n) is 2.56. The van der Waals surface area contributed by atoms with Gasteiger partial charge in [0, 0.05) is 24.7 Å². The lowest BCUT2D eigenvalue weighted by Gasteiger charge is -2.34. The molecule has 1 amide bonds. The molecule has 1 aliphatic heterocycles. The third-order valence-electron chi connectivity index (χ3n) is 3.71. The normalized spacial score (nSPS) is 20.4. The SMILES string of the molecule is Cc1ccoc1C(=O)NCCN1CCCC[C@@H]1CO. The van der Waals surface area contributed by atoms with Gasteiger partial charge in [-0.3, -0.25) is 9.69 Å². The van der Waals surface area contributed by atoms with E-state index in [2.05, 4.69) is 10.2 Å². The molecule has 0 unspecified atom stereocenters. The van der Waals surface area contributed by atoms with Crippen molar-refractivity contribution in [3.8, 4) is 0 Å². The molecule has 1 aliphatic rings. The molecule has 1 atom stereocenters. The van der Waals surface area contributed by atoms with Gasteiger partial charge in [0.25, 0.3) is 5.91 Å². The van der Waals surface area contributed by atoms with Crippen molar-refractivity contribution in [2.24, 2.45) is 0 Å². The highest BCUT2D eigenvalue weighted by atomic mass is 16.3. The van der Waals surface area contributed by atoms with Gasteiger partial charge in [-0.2, -0.15) is 0 Å². The predicted octanol–water partition coefficient (Wildman–Crippen LogP) is 1.16. The molecule has 2 N–H and O–H groups in total. The number of amides is 1. The van der Waals surface area contributed by atoms with Crippen molar-refractivity contribution in [1.82, 2.24) is 10.2 Å². The highest BCUT2D eigenvalue weighted by molar-refractivity contribution is 5.92. The Morgan fingerprint density at radius 2 is 2.42 bits per heavy atom. The minimum absolute atomic E-state index is 0.167. The van der Waals surface area contributed by atoms with Crippen LogP contribution in [0.3, 0.4) is 0 Å². The average Bonchev–Trinajstić information content (AvgIpc) is 2.85. The number of aliphatic hydroxyl groups is 1. The van der Waals surface area contributed by atoms with Gasteiger partial charge in [0.05, 0.1) is 12.9 Å². The van der Waals surface area contributed by atoms with Crippen LogP contribution in [0.5, 0.6) is 0 Å². The van der Waals surface area contributed by atoms with E-state index < -0.39 is 0 Å². The molecular formula is C14H22N2O3. The lowest BCUT2D eigenvalue weighted by atomic mass is 10.0. The number of carbonyl (C=O) groups is 1. The smallest absolute Gasteiger partial charge is 0.287 e. The molecule has 0 radical (unpaired) electrons. The number of hydrogen-bond donors (Lipinski definition) is 2. The van der Waals surface area contributed by atoms with E-state index in [1.54, 1.807) is 6.07 Å². The number of hydrogen-bond acceptors (Lipinski definition) is 4. The zero-order chi connectivity index (χ0) is 13.7.